The molecule has 2 aliphatic rings. The third kappa shape index (κ3) is 9.09. The fourth-order valence-corrected chi connectivity index (χ4v) is 5.48. The highest BCUT2D eigenvalue weighted by Gasteiger charge is 2.48. The number of ether oxygens (including phenoxy) is 2. The molecule has 2 fully saturated rings. The Morgan fingerprint density at radius 2 is 1.83 bits per heavy atom. The zero-order chi connectivity index (χ0) is 30.6. The van der Waals surface area contributed by atoms with Gasteiger partial charge in [0.15, 0.2) is 0 Å². The van der Waals surface area contributed by atoms with Gasteiger partial charge in [0.1, 0.15) is 17.6 Å². The number of nitrogens with one attached hydrogen (secondary N) is 1. The van der Waals surface area contributed by atoms with Gasteiger partial charge in [-0.2, -0.15) is 0 Å². The Balaban J connectivity index is 1.73. The first kappa shape index (κ1) is 34.2. The van der Waals surface area contributed by atoms with E-state index in [0.29, 0.717) is 49.6 Å². The van der Waals surface area contributed by atoms with Gasteiger partial charge in [-0.1, -0.05) is 38.4 Å². The number of nitrogens with zero attached hydrogens (tertiary/aromatic N) is 2. The highest BCUT2D eigenvalue weighted by molar-refractivity contribution is 6.73. The van der Waals surface area contributed by atoms with Gasteiger partial charge in [-0.15, -0.1) is 0 Å². The summed E-state index contributed by atoms with van der Waals surface area (Å²) in [5, 5.41) is 14.6. The summed E-state index contributed by atoms with van der Waals surface area (Å²) in [6, 6.07) is 4.54. The topological polar surface area (TPSA) is 92.7 Å². The van der Waals surface area contributed by atoms with Crippen LogP contribution in [0.2, 0.25) is 23.2 Å². The van der Waals surface area contributed by atoms with Crippen LogP contribution in [0.4, 0.5) is 9.18 Å². The number of halogens is 2. The second kappa shape index (κ2) is 13.5. The van der Waals surface area contributed by atoms with Crippen molar-refractivity contribution in [1.82, 2.24) is 15.1 Å². The van der Waals surface area contributed by atoms with Gasteiger partial charge in [0.25, 0.3) is 0 Å². The standard InChI is InChI=1S/C29H49ClFN3O6Si/c1-27(2,3)39-26(36)34-15-13-33(14-16-34)25-29(19-35,20-38-40-41(7,8)28(4,5)6)12-11-24(32-25)37-18-21-9-10-22(30)17-23(21)31/h9-10,17,24-25,32,35H,11-16,18-20H2,1-8H3. The zero-order valence-corrected chi connectivity index (χ0v) is 27.6. The quantitative estimate of drug-likeness (QED) is 0.213. The Kier molecular flexibility index (Phi) is 11.3. The number of benzene rings is 1. The molecule has 2 aliphatic heterocycles. The molecule has 12 heteroatoms. The van der Waals surface area contributed by atoms with Crippen LogP contribution in [-0.4, -0.2) is 86.7 Å². The number of hydrogen-bond acceptors (Lipinski definition) is 8. The van der Waals surface area contributed by atoms with E-state index in [1.807, 2.05) is 20.8 Å². The molecule has 3 rings (SSSR count). The van der Waals surface area contributed by atoms with Crippen molar-refractivity contribution in [2.45, 2.75) is 97.1 Å². The Hall–Kier alpha value is -1.31. The van der Waals surface area contributed by atoms with E-state index in [-0.39, 0.29) is 43.3 Å². The minimum Gasteiger partial charge on any atom is -0.444 e. The van der Waals surface area contributed by atoms with Crippen LogP contribution in [0.1, 0.15) is 59.9 Å². The van der Waals surface area contributed by atoms with Crippen molar-refractivity contribution in [2.75, 3.05) is 39.4 Å². The van der Waals surface area contributed by atoms with Gasteiger partial charge >= 0.3 is 6.09 Å². The SMILES string of the molecule is CC(C)(C)OC(=O)N1CCN(C2NC(OCc3ccc(Cl)cc3F)CCC2(CO)COO[Si](C)(C)C(C)(C)C)CC1. The summed E-state index contributed by atoms with van der Waals surface area (Å²) in [6.07, 6.45) is 0.153. The van der Waals surface area contributed by atoms with Crippen molar-refractivity contribution in [3.8, 4) is 0 Å². The Morgan fingerprint density at radius 1 is 1.17 bits per heavy atom. The lowest BCUT2D eigenvalue weighted by molar-refractivity contribution is -0.263. The molecule has 0 saturated carbocycles. The van der Waals surface area contributed by atoms with Crippen molar-refractivity contribution >= 4 is 26.0 Å². The van der Waals surface area contributed by atoms with E-state index in [9.17, 15) is 14.3 Å². The van der Waals surface area contributed by atoms with Crippen molar-refractivity contribution < 1.29 is 33.2 Å². The number of rotatable bonds is 9. The molecule has 234 valence electrons. The first-order valence-electron chi connectivity index (χ1n) is 14.4. The van der Waals surface area contributed by atoms with E-state index < -0.39 is 25.2 Å². The summed E-state index contributed by atoms with van der Waals surface area (Å²) in [6.45, 7) is 18.5. The number of piperidine rings is 1. The molecular formula is C29H49ClFN3O6Si. The molecule has 0 bridgehead atoms. The van der Waals surface area contributed by atoms with Crippen molar-refractivity contribution in [2.24, 2.45) is 5.41 Å². The monoisotopic (exact) mass is 617 g/mol. The smallest absolute Gasteiger partial charge is 0.410 e. The van der Waals surface area contributed by atoms with E-state index >= 15 is 0 Å². The summed E-state index contributed by atoms with van der Waals surface area (Å²) in [5.41, 5.74) is -0.827. The van der Waals surface area contributed by atoms with E-state index in [4.69, 9.17) is 30.5 Å². The van der Waals surface area contributed by atoms with Crippen LogP contribution in [0.15, 0.2) is 18.2 Å². The number of hydrogen-bond donors (Lipinski definition) is 2. The molecule has 0 aliphatic carbocycles. The average molecular weight is 618 g/mol. The van der Waals surface area contributed by atoms with Crippen LogP contribution in [0.25, 0.3) is 0 Å². The van der Waals surface area contributed by atoms with E-state index in [1.165, 1.54) is 6.07 Å². The predicted octanol–water partition coefficient (Wildman–Crippen LogP) is 5.52. The number of carbonyl (C=O) groups is 1. The van der Waals surface area contributed by atoms with Crippen LogP contribution in [-0.2, 0) is 25.5 Å². The lowest BCUT2D eigenvalue weighted by Gasteiger charge is -2.52. The van der Waals surface area contributed by atoms with Crippen molar-refractivity contribution in [3.63, 3.8) is 0 Å². The van der Waals surface area contributed by atoms with Gasteiger partial charge in [-0.25, -0.2) is 14.1 Å². The Labute approximate surface area is 250 Å². The number of amides is 1. The molecule has 2 heterocycles. The second-order valence-electron chi connectivity index (χ2n) is 13.8. The summed E-state index contributed by atoms with van der Waals surface area (Å²) in [4.78, 5) is 22.5. The van der Waals surface area contributed by atoms with Gasteiger partial charge in [-0.05, 0) is 63.9 Å². The normalized spacial score (nSPS) is 24.9. The van der Waals surface area contributed by atoms with Crippen molar-refractivity contribution in [3.05, 3.63) is 34.6 Å². The number of piperazine rings is 1. The first-order chi connectivity index (χ1) is 19.0. The Bertz CT molecular complexity index is 1030. The molecule has 0 spiro atoms. The van der Waals surface area contributed by atoms with E-state index in [1.54, 1.807) is 17.0 Å². The van der Waals surface area contributed by atoms with Gasteiger partial charge in [0.2, 0.25) is 8.32 Å². The van der Waals surface area contributed by atoms with E-state index in [0.717, 1.165) is 0 Å². The predicted molar refractivity (Wildman–Crippen MR) is 159 cm³/mol. The molecule has 2 saturated heterocycles. The van der Waals surface area contributed by atoms with Gasteiger partial charge in [0, 0.05) is 42.2 Å². The van der Waals surface area contributed by atoms with E-state index in [2.05, 4.69) is 44.1 Å². The highest BCUT2D eigenvalue weighted by atomic mass is 35.5. The molecular weight excluding hydrogens is 569 g/mol. The van der Waals surface area contributed by atoms with Crippen LogP contribution < -0.4 is 5.32 Å². The number of aliphatic hydroxyl groups excluding tert-OH is 1. The second-order valence-corrected chi connectivity index (χ2v) is 18.9. The molecule has 1 aromatic rings. The largest absolute Gasteiger partial charge is 0.444 e. The van der Waals surface area contributed by atoms with Gasteiger partial charge in [0.05, 0.1) is 26.0 Å². The summed E-state index contributed by atoms with van der Waals surface area (Å²) < 4.78 is 32.1. The summed E-state index contributed by atoms with van der Waals surface area (Å²) in [5.74, 6) is -0.413. The summed E-state index contributed by atoms with van der Waals surface area (Å²) in [7, 11) is -2.18. The molecule has 1 aromatic carbocycles. The molecule has 0 radical (unpaired) electrons. The van der Waals surface area contributed by atoms with Crippen LogP contribution in [0.3, 0.4) is 0 Å². The third-order valence-electron chi connectivity index (χ3n) is 8.35. The molecule has 3 unspecified atom stereocenters. The fourth-order valence-electron chi connectivity index (χ4n) is 4.72. The van der Waals surface area contributed by atoms with Crippen LogP contribution in [0, 0.1) is 11.2 Å². The van der Waals surface area contributed by atoms with Gasteiger partial charge in [-0.3, -0.25) is 14.8 Å². The lowest BCUT2D eigenvalue weighted by atomic mass is 9.77. The first-order valence-corrected chi connectivity index (χ1v) is 17.7. The maximum atomic E-state index is 14.4. The molecule has 2 N–H and O–H groups in total. The number of carbonyl (C=O) groups excluding carboxylic acids is 1. The Morgan fingerprint density at radius 3 is 2.39 bits per heavy atom. The van der Waals surface area contributed by atoms with Crippen LogP contribution >= 0.6 is 11.6 Å². The minimum atomic E-state index is -2.18. The number of aliphatic hydroxyl groups is 1. The molecule has 1 amide bonds. The third-order valence-corrected chi connectivity index (χ3v) is 12.7. The molecule has 0 aromatic heterocycles. The maximum Gasteiger partial charge on any atom is 0.410 e. The zero-order valence-electron chi connectivity index (χ0n) is 25.9. The van der Waals surface area contributed by atoms with Gasteiger partial charge < -0.3 is 19.5 Å². The summed E-state index contributed by atoms with van der Waals surface area (Å²) >= 11 is 5.90. The molecule has 9 nitrogen and oxygen atoms in total. The highest BCUT2D eigenvalue weighted by Crippen LogP contribution is 2.39. The fraction of sp³-hybridized carbons (Fsp3) is 0.759. The molecule has 41 heavy (non-hydrogen) atoms. The molecule has 3 atom stereocenters. The average Bonchev–Trinajstić information content (AvgIpc) is 2.87. The van der Waals surface area contributed by atoms with Crippen LogP contribution in [0.5, 0.6) is 0 Å². The van der Waals surface area contributed by atoms with Crippen molar-refractivity contribution in [1.29, 1.82) is 0 Å². The lowest BCUT2D eigenvalue weighted by Crippen LogP contribution is -2.68. The minimum absolute atomic E-state index is 0.0303. The maximum absolute atomic E-state index is 14.4.